The van der Waals surface area contributed by atoms with Gasteiger partial charge in [-0.3, -0.25) is 4.79 Å². The van der Waals surface area contributed by atoms with Gasteiger partial charge in [-0.25, -0.2) is 4.98 Å². The van der Waals surface area contributed by atoms with E-state index in [2.05, 4.69) is 10.3 Å². The van der Waals surface area contributed by atoms with Crippen molar-refractivity contribution in [2.75, 3.05) is 5.32 Å². The van der Waals surface area contributed by atoms with Gasteiger partial charge in [-0.15, -0.1) is 24.8 Å². The van der Waals surface area contributed by atoms with Gasteiger partial charge in [-0.05, 0) is 31.4 Å². The number of halogens is 2. The molecule has 4 nitrogen and oxygen atoms in total. The molecule has 1 amide bonds. The Bertz CT molecular complexity index is 348. The van der Waals surface area contributed by atoms with Crippen molar-refractivity contribution in [3.63, 3.8) is 0 Å². The first-order chi connectivity index (χ1) is 7.25. The van der Waals surface area contributed by atoms with E-state index in [0.717, 1.165) is 19.3 Å². The fraction of sp³-hybridized carbons (Fsp3) is 0.455. The van der Waals surface area contributed by atoms with E-state index in [1.54, 1.807) is 12.3 Å². The van der Waals surface area contributed by atoms with E-state index >= 15 is 0 Å². The zero-order valence-corrected chi connectivity index (χ0v) is 11.0. The SMILES string of the molecule is Cl.Cl.NC1CCC(C(=O)Nc2ccccn2)C1. The Morgan fingerprint density at radius 1 is 1.35 bits per heavy atom. The Hall–Kier alpha value is -0.840. The van der Waals surface area contributed by atoms with Crippen LogP contribution in [0.4, 0.5) is 5.82 Å². The number of carbonyl (C=O) groups excluding carboxylic acids is 1. The standard InChI is InChI=1S/C11H15N3O.2ClH/c12-9-5-4-8(7-9)11(15)14-10-3-1-2-6-13-10;;/h1-3,6,8-9H,4-5,7,12H2,(H,13,14,15);2*1H. The van der Waals surface area contributed by atoms with Crippen LogP contribution in [-0.2, 0) is 4.79 Å². The summed E-state index contributed by atoms with van der Waals surface area (Å²) >= 11 is 0. The molecule has 2 atom stereocenters. The number of amides is 1. The molecule has 1 aliphatic rings. The minimum atomic E-state index is 0. The van der Waals surface area contributed by atoms with Gasteiger partial charge >= 0.3 is 0 Å². The molecule has 2 rings (SSSR count). The van der Waals surface area contributed by atoms with E-state index in [9.17, 15) is 4.79 Å². The molecular formula is C11H17Cl2N3O. The van der Waals surface area contributed by atoms with Crippen LogP contribution in [0.25, 0.3) is 0 Å². The van der Waals surface area contributed by atoms with E-state index in [-0.39, 0.29) is 42.7 Å². The highest BCUT2D eigenvalue weighted by molar-refractivity contribution is 5.91. The average molecular weight is 278 g/mol. The van der Waals surface area contributed by atoms with Crippen LogP contribution in [-0.4, -0.2) is 16.9 Å². The second-order valence-electron chi connectivity index (χ2n) is 3.97. The number of carbonyl (C=O) groups is 1. The summed E-state index contributed by atoms with van der Waals surface area (Å²) in [6.07, 6.45) is 4.29. The topological polar surface area (TPSA) is 68.0 Å². The lowest BCUT2D eigenvalue weighted by atomic mass is 10.1. The van der Waals surface area contributed by atoms with Gasteiger partial charge in [0.15, 0.2) is 0 Å². The second-order valence-corrected chi connectivity index (χ2v) is 3.97. The van der Waals surface area contributed by atoms with Crippen molar-refractivity contribution >= 4 is 36.5 Å². The van der Waals surface area contributed by atoms with Crippen molar-refractivity contribution in [1.82, 2.24) is 4.98 Å². The third-order valence-corrected chi connectivity index (χ3v) is 2.76. The Kier molecular flexibility index (Phi) is 7.11. The summed E-state index contributed by atoms with van der Waals surface area (Å²) in [5.74, 6) is 0.714. The summed E-state index contributed by atoms with van der Waals surface area (Å²) in [5.41, 5.74) is 5.76. The molecule has 0 spiro atoms. The quantitative estimate of drug-likeness (QED) is 0.869. The zero-order chi connectivity index (χ0) is 10.7. The lowest BCUT2D eigenvalue weighted by Gasteiger charge is -2.09. The summed E-state index contributed by atoms with van der Waals surface area (Å²) in [6, 6.07) is 5.64. The van der Waals surface area contributed by atoms with Gasteiger partial charge in [0.2, 0.25) is 5.91 Å². The minimum Gasteiger partial charge on any atom is -0.328 e. The molecule has 0 bridgehead atoms. The van der Waals surface area contributed by atoms with Crippen molar-refractivity contribution in [1.29, 1.82) is 0 Å². The van der Waals surface area contributed by atoms with Gasteiger partial charge in [0.1, 0.15) is 5.82 Å². The molecule has 1 fully saturated rings. The highest BCUT2D eigenvalue weighted by Gasteiger charge is 2.27. The van der Waals surface area contributed by atoms with Crippen LogP contribution in [0.1, 0.15) is 19.3 Å². The first-order valence-electron chi connectivity index (χ1n) is 5.23. The van der Waals surface area contributed by atoms with Crippen LogP contribution in [0, 0.1) is 5.92 Å². The number of aromatic nitrogens is 1. The van der Waals surface area contributed by atoms with Crippen LogP contribution in [0.15, 0.2) is 24.4 Å². The van der Waals surface area contributed by atoms with Crippen LogP contribution >= 0.6 is 24.8 Å². The molecule has 2 unspecified atom stereocenters. The summed E-state index contributed by atoms with van der Waals surface area (Å²) in [5, 5.41) is 2.80. The molecule has 96 valence electrons. The molecular weight excluding hydrogens is 261 g/mol. The van der Waals surface area contributed by atoms with Gasteiger partial charge in [-0.1, -0.05) is 6.07 Å². The predicted molar refractivity (Wildman–Crippen MR) is 72.7 cm³/mol. The van der Waals surface area contributed by atoms with Gasteiger partial charge in [0.25, 0.3) is 0 Å². The Morgan fingerprint density at radius 2 is 2.12 bits per heavy atom. The molecule has 1 aliphatic carbocycles. The summed E-state index contributed by atoms with van der Waals surface area (Å²) < 4.78 is 0. The molecule has 0 aromatic carbocycles. The van der Waals surface area contributed by atoms with E-state index in [4.69, 9.17) is 5.73 Å². The number of anilines is 1. The van der Waals surface area contributed by atoms with E-state index in [0.29, 0.717) is 5.82 Å². The number of hydrogen-bond donors (Lipinski definition) is 2. The lowest BCUT2D eigenvalue weighted by Crippen LogP contribution is -2.23. The number of nitrogens with two attached hydrogens (primary N) is 1. The number of nitrogens with zero attached hydrogens (tertiary/aromatic N) is 1. The molecule has 1 aromatic heterocycles. The molecule has 1 heterocycles. The maximum atomic E-state index is 11.8. The Morgan fingerprint density at radius 3 is 2.65 bits per heavy atom. The number of nitrogens with one attached hydrogen (secondary N) is 1. The molecule has 3 N–H and O–H groups in total. The largest absolute Gasteiger partial charge is 0.328 e. The van der Waals surface area contributed by atoms with E-state index in [1.807, 2.05) is 12.1 Å². The van der Waals surface area contributed by atoms with Crippen LogP contribution in [0.3, 0.4) is 0 Å². The van der Waals surface area contributed by atoms with Gasteiger partial charge in [0, 0.05) is 18.2 Å². The van der Waals surface area contributed by atoms with Crippen molar-refractivity contribution in [2.45, 2.75) is 25.3 Å². The van der Waals surface area contributed by atoms with Crippen molar-refractivity contribution in [2.24, 2.45) is 11.7 Å². The molecule has 0 saturated heterocycles. The maximum Gasteiger partial charge on any atom is 0.228 e. The molecule has 0 aliphatic heterocycles. The van der Waals surface area contributed by atoms with Crippen LogP contribution in [0.2, 0.25) is 0 Å². The lowest BCUT2D eigenvalue weighted by molar-refractivity contribution is -0.119. The van der Waals surface area contributed by atoms with Crippen LogP contribution < -0.4 is 11.1 Å². The summed E-state index contributed by atoms with van der Waals surface area (Å²) in [4.78, 5) is 15.8. The molecule has 1 aromatic rings. The van der Waals surface area contributed by atoms with Crippen molar-refractivity contribution in [3.8, 4) is 0 Å². The van der Waals surface area contributed by atoms with E-state index < -0.39 is 0 Å². The number of pyridine rings is 1. The van der Waals surface area contributed by atoms with Crippen molar-refractivity contribution < 1.29 is 4.79 Å². The third kappa shape index (κ3) is 4.50. The molecule has 0 radical (unpaired) electrons. The molecule has 1 saturated carbocycles. The number of hydrogen-bond acceptors (Lipinski definition) is 3. The Labute approximate surface area is 113 Å². The molecule has 17 heavy (non-hydrogen) atoms. The van der Waals surface area contributed by atoms with E-state index in [1.165, 1.54) is 0 Å². The van der Waals surface area contributed by atoms with Gasteiger partial charge in [-0.2, -0.15) is 0 Å². The zero-order valence-electron chi connectivity index (χ0n) is 9.33. The Balaban J connectivity index is 0.00000128. The summed E-state index contributed by atoms with van der Waals surface area (Å²) in [7, 11) is 0. The van der Waals surface area contributed by atoms with Crippen LogP contribution in [0.5, 0.6) is 0 Å². The van der Waals surface area contributed by atoms with Crippen molar-refractivity contribution in [3.05, 3.63) is 24.4 Å². The molecule has 6 heteroatoms. The van der Waals surface area contributed by atoms with Gasteiger partial charge < -0.3 is 11.1 Å². The summed E-state index contributed by atoms with van der Waals surface area (Å²) in [6.45, 7) is 0. The average Bonchev–Trinajstić information content (AvgIpc) is 2.66. The third-order valence-electron chi connectivity index (χ3n) is 2.76. The predicted octanol–water partition coefficient (Wildman–Crippen LogP) is 1.99. The monoisotopic (exact) mass is 277 g/mol. The highest BCUT2D eigenvalue weighted by Crippen LogP contribution is 2.25. The smallest absolute Gasteiger partial charge is 0.228 e. The second kappa shape index (κ2) is 7.48. The first-order valence-corrected chi connectivity index (χ1v) is 5.23. The fourth-order valence-electron chi connectivity index (χ4n) is 1.92. The number of rotatable bonds is 2. The minimum absolute atomic E-state index is 0. The van der Waals surface area contributed by atoms with Gasteiger partial charge in [0.05, 0.1) is 0 Å². The normalized spacial score (nSPS) is 22.2. The first kappa shape index (κ1) is 16.2. The maximum absolute atomic E-state index is 11.8. The fourth-order valence-corrected chi connectivity index (χ4v) is 1.92. The highest BCUT2D eigenvalue weighted by atomic mass is 35.5.